The van der Waals surface area contributed by atoms with E-state index < -0.39 is 29.4 Å². The van der Waals surface area contributed by atoms with Gasteiger partial charge in [0, 0.05) is 20.7 Å². The summed E-state index contributed by atoms with van der Waals surface area (Å²) in [6.45, 7) is -0.232. The number of anilines is 1. The van der Waals surface area contributed by atoms with E-state index >= 15 is 0 Å². The fourth-order valence-corrected chi connectivity index (χ4v) is 4.72. The van der Waals surface area contributed by atoms with Crippen LogP contribution in [-0.2, 0) is 16.2 Å². The van der Waals surface area contributed by atoms with Crippen LogP contribution in [0.25, 0.3) is 6.08 Å². The van der Waals surface area contributed by atoms with Crippen LogP contribution in [-0.4, -0.2) is 28.5 Å². The first-order valence-electron chi connectivity index (χ1n) is 10.4. The molecule has 1 fully saturated rings. The number of carbonyl (C=O) groups excluding carboxylic acids is 3. The molecule has 0 aromatic heterocycles. The van der Waals surface area contributed by atoms with E-state index in [1.165, 1.54) is 12.1 Å². The van der Waals surface area contributed by atoms with E-state index in [9.17, 15) is 18.8 Å². The molecular weight excluding hydrogens is 594 g/mol. The molecule has 0 spiro atoms. The van der Waals surface area contributed by atoms with Crippen molar-refractivity contribution in [2.45, 2.75) is 6.61 Å². The molecule has 36 heavy (non-hydrogen) atoms. The van der Waals surface area contributed by atoms with Gasteiger partial charge in [0.05, 0.1) is 9.93 Å². The zero-order valence-electron chi connectivity index (χ0n) is 18.3. The maximum Gasteiger partial charge on any atom is 0.294 e. The molecule has 184 valence electrons. The van der Waals surface area contributed by atoms with Crippen LogP contribution < -0.4 is 10.1 Å². The highest BCUT2D eigenvalue weighted by Crippen LogP contribution is 2.35. The molecule has 3 aromatic carbocycles. The van der Waals surface area contributed by atoms with Crippen LogP contribution in [0, 0.1) is 5.82 Å². The minimum Gasteiger partial charge on any atom is -0.488 e. The largest absolute Gasteiger partial charge is 0.488 e. The summed E-state index contributed by atoms with van der Waals surface area (Å²) in [5, 5.41) is 2.37. The normalized spacial score (nSPS) is 14.4. The van der Waals surface area contributed by atoms with Crippen LogP contribution in [0.15, 0.2) is 70.0 Å². The van der Waals surface area contributed by atoms with Crippen molar-refractivity contribution >= 4 is 79.7 Å². The van der Waals surface area contributed by atoms with Crippen LogP contribution in [0.2, 0.25) is 10.0 Å². The topological polar surface area (TPSA) is 75.7 Å². The molecule has 0 aliphatic carbocycles. The first kappa shape index (κ1) is 26.2. The third-order valence-electron chi connectivity index (χ3n) is 4.94. The van der Waals surface area contributed by atoms with Crippen molar-refractivity contribution in [2.75, 3.05) is 11.9 Å². The molecule has 3 aromatic rings. The Bertz CT molecular complexity index is 1380. The van der Waals surface area contributed by atoms with Crippen molar-refractivity contribution < 1.29 is 23.5 Å². The highest BCUT2D eigenvalue weighted by Gasteiger charge is 2.36. The molecule has 0 radical (unpaired) electrons. The first-order valence-corrected chi connectivity index (χ1v) is 12.7. The van der Waals surface area contributed by atoms with Gasteiger partial charge in [0.15, 0.2) is 0 Å². The molecule has 4 rings (SSSR count). The van der Waals surface area contributed by atoms with E-state index in [4.69, 9.17) is 27.9 Å². The number of hydrogen-bond donors (Lipinski definition) is 1. The standard InChI is InChI=1S/C25H16BrCl2FN2O4S/c26-16-3-8-21(35-13-14-1-4-17(27)5-2-14)15(9-16)10-22-24(33)31(25(34)36-22)12-23(32)30-18-6-7-20(29)19(28)11-18/h1-11H,12-13H2,(H,30,32)/b22-10+. The van der Waals surface area contributed by atoms with E-state index in [0.717, 1.165) is 32.8 Å². The average molecular weight is 610 g/mol. The number of hydrogen-bond acceptors (Lipinski definition) is 5. The van der Waals surface area contributed by atoms with Crippen molar-refractivity contribution in [3.8, 4) is 5.75 Å². The first-order chi connectivity index (χ1) is 17.2. The maximum absolute atomic E-state index is 13.3. The van der Waals surface area contributed by atoms with Crippen molar-refractivity contribution in [1.29, 1.82) is 0 Å². The highest BCUT2D eigenvalue weighted by molar-refractivity contribution is 9.10. The predicted molar refractivity (Wildman–Crippen MR) is 143 cm³/mol. The molecule has 3 amide bonds. The Morgan fingerprint density at radius 3 is 2.56 bits per heavy atom. The van der Waals surface area contributed by atoms with Crippen molar-refractivity contribution in [3.63, 3.8) is 0 Å². The third-order valence-corrected chi connectivity index (χ3v) is 6.89. The van der Waals surface area contributed by atoms with Crippen LogP contribution in [0.1, 0.15) is 11.1 Å². The van der Waals surface area contributed by atoms with Gasteiger partial charge < -0.3 is 10.1 Å². The number of benzene rings is 3. The second-order valence-electron chi connectivity index (χ2n) is 7.54. The zero-order chi connectivity index (χ0) is 25.8. The van der Waals surface area contributed by atoms with Gasteiger partial charge in [0.25, 0.3) is 11.1 Å². The lowest BCUT2D eigenvalue weighted by Gasteiger charge is -2.13. The molecule has 0 saturated carbocycles. The van der Waals surface area contributed by atoms with E-state index in [0.29, 0.717) is 16.3 Å². The van der Waals surface area contributed by atoms with Gasteiger partial charge in [-0.05, 0) is 71.9 Å². The van der Waals surface area contributed by atoms with Gasteiger partial charge in [-0.1, -0.05) is 51.3 Å². The molecule has 1 aliphatic rings. The van der Waals surface area contributed by atoms with Crippen LogP contribution in [0.3, 0.4) is 0 Å². The second-order valence-corrected chi connectivity index (χ2v) is 10.3. The van der Waals surface area contributed by atoms with E-state index in [1.807, 2.05) is 12.1 Å². The monoisotopic (exact) mass is 608 g/mol. The number of ether oxygens (including phenoxy) is 1. The minimum atomic E-state index is -0.630. The quantitative estimate of drug-likeness (QED) is 0.288. The summed E-state index contributed by atoms with van der Waals surface area (Å²) in [6.07, 6.45) is 1.55. The lowest BCUT2D eigenvalue weighted by atomic mass is 10.1. The van der Waals surface area contributed by atoms with Crippen molar-refractivity contribution in [1.82, 2.24) is 4.90 Å². The van der Waals surface area contributed by atoms with Gasteiger partial charge in [-0.3, -0.25) is 19.3 Å². The Morgan fingerprint density at radius 2 is 1.83 bits per heavy atom. The van der Waals surface area contributed by atoms with Crippen LogP contribution >= 0.6 is 50.9 Å². The molecule has 1 saturated heterocycles. The predicted octanol–water partition coefficient (Wildman–Crippen LogP) is 7.15. The Kier molecular flexibility index (Phi) is 8.35. The van der Waals surface area contributed by atoms with Crippen LogP contribution in [0.5, 0.6) is 5.75 Å². The summed E-state index contributed by atoms with van der Waals surface area (Å²) in [5.74, 6) is -1.36. The third kappa shape index (κ3) is 6.47. The maximum atomic E-state index is 13.3. The smallest absolute Gasteiger partial charge is 0.294 e. The number of amides is 3. The minimum absolute atomic E-state index is 0.145. The molecule has 1 heterocycles. The number of nitrogens with one attached hydrogen (secondary N) is 1. The molecule has 1 aliphatic heterocycles. The Labute approximate surface area is 228 Å². The molecule has 0 bridgehead atoms. The number of carbonyl (C=O) groups is 3. The number of nitrogens with zero attached hydrogens (tertiary/aromatic N) is 1. The van der Waals surface area contributed by atoms with E-state index in [1.54, 1.807) is 36.4 Å². The van der Waals surface area contributed by atoms with Gasteiger partial charge in [-0.15, -0.1) is 0 Å². The van der Waals surface area contributed by atoms with Crippen LogP contribution in [0.4, 0.5) is 14.9 Å². The van der Waals surface area contributed by atoms with Gasteiger partial charge in [-0.2, -0.15) is 0 Å². The Hall–Kier alpha value is -2.85. The fraction of sp³-hybridized carbons (Fsp3) is 0.0800. The van der Waals surface area contributed by atoms with Gasteiger partial charge in [-0.25, -0.2) is 4.39 Å². The molecular formula is C25H16BrCl2FN2O4S. The molecule has 1 N–H and O–H groups in total. The fourth-order valence-electron chi connectivity index (χ4n) is 3.20. The van der Waals surface area contributed by atoms with Gasteiger partial charge >= 0.3 is 0 Å². The molecule has 6 nitrogen and oxygen atoms in total. The average Bonchev–Trinajstić information content (AvgIpc) is 3.09. The molecule has 0 unspecified atom stereocenters. The lowest BCUT2D eigenvalue weighted by Crippen LogP contribution is -2.36. The number of thioether (sulfide) groups is 1. The van der Waals surface area contributed by atoms with Gasteiger partial charge in [0.1, 0.15) is 24.7 Å². The summed E-state index contributed by atoms with van der Waals surface area (Å²) < 4.78 is 20.0. The van der Waals surface area contributed by atoms with Gasteiger partial charge in [0.2, 0.25) is 5.91 Å². The molecule has 0 atom stereocenters. The second kappa shape index (κ2) is 11.5. The SMILES string of the molecule is O=C(CN1C(=O)S/C(=C/c2cc(Br)ccc2OCc2ccc(Cl)cc2)C1=O)Nc1ccc(F)c(Cl)c1. The summed E-state index contributed by atoms with van der Waals surface area (Å²) >= 11 is 15.8. The Balaban J connectivity index is 1.47. The number of halogens is 4. The number of imide groups is 1. The molecule has 11 heteroatoms. The lowest BCUT2D eigenvalue weighted by molar-refractivity contribution is -0.127. The van der Waals surface area contributed by atoms with E-state index in [-0.39, 0.29) is 22.2 Å². The summed E-state index contributed by atoms with van der Waals surface area (Å²) in [6, 6.07) is 16.2. The van der Waals surface area contributed by atoms with Crippen molar-refractivity contribution in [3.05, 3.63) is 97.0 Å². The van der Waals surface area contributed by atoms with E-state index in [2.05, 4.69) is 21.2 Å². The highest BCUT2D eigenvalue weighted by atomic mass is 79.9. The summed E-state index contributed by atoms with van der Waals surface area (Å²) in [7, 11) is 0. The van der Waals surface area contributed by atoms with Crippen molar-refractivity contribution in [2.24, 2.45) is 0 Å². The summed E-state index contributed by atoms with van der Waals surface area (Å²) in [4.78, 5) is 38.8. The number of rotatable bonds is 7. The zero-order valence-corrected chi connectivity index (χ0v) is 22.2. The Morgan fingerprint density at radius 1 is 1.08 bits per heavy atom. The summed E-state index contributed by atoms with van der Waals surface area (Å²) in [5.41, 5.74) is 1.72.